The number of hydrogen-bond acceptors (Lipinski definition) is 8. The third-order valence-electron chi connectivity index (χ3n) is 22.0. The Morgan fingerprint density at radius 1 is 0.317 bits per heavy atom. The SMILES string of the molecule is [2H]c1cc([2H])cc(N2c3cc4c(cc3B3c5cc6ccccc6cc5N(c5cc([2H])cc([2H])c5)c5cc(C(=O)OCc6ccccc6)cc2c53)B2c3cc5ccccc5c5c3N3c6c2c(cc2c6B(c6cc7ccccc7cc6N2c2cc([2H])cc([2H])c2)c2cc6ccccc6c(c23)O5)N4c2cc([2H])cc([2H])c2)c1. The number of fused-ring (bicyclic) bond motifs is 16. The van der Waals surface area contributed by atoms with Crippen molar-refractivity contribution in [3.63, 3.8) is 0 Å². The van der Waals surface area contributed by atoms with Gasteiger partial charge in [-0.05, 0) is 172 Å². The summed E-state index contributed by atoms with van der Waals surface area (Å²) < 4.78 is 89.6. The summed E-state index contributed by atoms with van der Waals surface area (Å²) in [5.41, 5.74) is 20.3. The molecule has 0 aliphatic carbocycles. The summed E-state index contributed by atoms with van der Waals surface area (Å²) in [5.74, 6) is 0.846. The number of nitrogens with zero attached hydrogens (tertiary/aromatic N) is 5. The highest BCUT2D eigenvalue weighted by molar-refractivity contribution is 7.06. The minimum atomic E-state index is -0.625. The van der Waals surface area contributed by atoms with E-state index in [0.29, 0.717) is 51.2 Å². The molecule has 0 fully saturated rings. The summed E-state index contributed by atoms with van der Waals surface area (Å²) in [6.45, 7) is -1.65. The average Bonchev–Trinajstić information content (AvgIpc) is 0.657. The van der Waals surface area contributed by atoms with Crippen LogP contribution >= 0.6 is 0 Å². The predicted octanol–water partition coefficient (Wildman–Crippen LogP) is 16.5. The molecule has 0 saturated heterocycles. The smallest absolute Gasteiger partial charge is 0.338 e. The van der Waals surface area contributed by atoms with E-state index < -0.39 is 26.1 Å². The summed E-state index contributed by atoms with van der Waals surface area (Å²) in [7, 11) is 0. The molecule has 0 radical (unpaired) electrons. The lowest BCUT2D eigenvalue weighted by Crippen LogP contribution is -2.69. The quantitative estimate of drug-likeness (QED) is 0.116. The first kappa shape index (κ1) is 47.9. The van der Waals surface area contributed by atoms with Gasteiger partial charge in [0.2, 0.25) is 0 Å². The van der Waals surface area contributed by atoms with Crippen molar-refractivity contribution in [2.45, 2.75) is 6.61 Å². The lowest BCUT2D eigenvalue weighted by atomic mass is 9.27. The van der Waals surface area contributed by atoms with Crippen molar-refractivity contribution in [2.75, 3.05) is 24.5 Å². The van der Waals surface area contributed by atoms with E-state index >= 15 is 4.79 Å². The molecular formula is C90H54B3N5O3. The number of ether oxygens (including phenoxy) is 2. The third-order valence-corrected chi connectivity index (χ3v) is 22.0. The number of esters is 1. The molecule has 8 nitrogen and oxygen atoms in total. The van der Waals surface area contributed by atoms with Gasteiger partial charge < -0.3 is 34.0 Å². The van der Waals surface area contributed by atoms with Crippen LogP contribution in [0.15, 0.2) is 315 Å². The summed E-state index contributed by atoms with van der Waals surface area (Å²) in [6, 6.07) is 89.0. The summed E-state index contributed by atoms with van der Waals surface area (Å²) in [5, 5.41) is 7.87. The van der Waals surface area contributed by atoms with Crippen molar-refractivity contribution in [1.29, 1.82) is 0 Å². The van der Waals surface area contributed by atoms with E-state index in [4.69, 9.17) is 9.47 Å². The van der Waals surface area contributed by atoms with E-state index in [1.165, 1.54) is 12.1 Å². The Kier molecular flexibility index (Phi) is 9.74. The highest BCUT2D eigenvalue weighted by Crippen LogP contribution is 2.60. The van der Waals surface area contributed by atoms with Crippen molar-refractivity contribution >= 4 is 204 Å². The van der Waals surface area contributed by atoms with Crippen LogP contribution in [0.4, 0.5) is 85.3 Å². The number of para-hydroxylation sites is 4. The van der Waals surface area contributed by atoms with Crippen LogP contribution in [-0.4, -0.2) is 26.1 Å². The highest BCUT2D eigenvalue weighted by Gasteiger charge is 2.56. The van der Waals surface area contributed by atoms with Gasteiger partial charge in [0.1, 0.15) is 6.61 Å². The molecule has 16 aromatic rings. The zero-order valence-electron chi connectivity index (χ0n) is 61.8. The molecule has 0 unspecified atom stereocenters. The fourth-order valence-corrected chi connectivity index (χ4v) is 18.0. The van der Waals surface area contributed by atoms with Gasteiger partial charge in [-0.3, -0.25) is 0 Å². The number of carbonyl (C=O) groups excluding carboxylic acids is 1. The minimum Gasteiger partial charge on any atom is -0.457 e. The number of hydrogen-bond donors (Lipinski definition) is 0. The van der Waals surface area contributed by atoms with Gasteiger partial charge >= 0.3 is 5.97 Å². The summed E-state index contributed by atoms with van der Waals surface area (Å²) >= 11 is 0. The fraction of sp³-hybridized carbons (Fsp3) is 0.0111. The molecule has 7 heterocycles. The van der Waals surface area contributed by atoms with Crippen LogP contribution < -0.4 is 78.4 Å². The van der Waals surface area contributed by atoms with E-state index in [2.05, 4.69) is 164 Å². The topological polar surface area (TPSA) is 51.7 Å². The van der Waals surface area contributed by atoms with Gasteiger partial charge in [0, 0.05) is 84.7 Å². The maximum atomic E-state index is 15.4. The van der Waals surface area contributed by atoms with E-state index in [0.717, 1.165) is 143 Å². The van der Waals surface area contributed by atoms with Crippen LogP contribution in [0.2, 0.25) is 0 Å². The van der Waals surface area contributed by atoms with E-state index in [-0.39, 0.29) is 60.5 Å². The molecule has 16 aromatic carbocycles. The first-order valence-corrected chi connectivity index (χ1v) is 34.2. The van der Waals surface area contributed by atoms with Crippen LogP contribution in [0.25, 0.3) is 43.1 Å². The maximum absolute atomic E-state index is 15.4. The van der Waals surface area contributed by atoms with Crippen molar-refractivity contribution < 1.29 is 25.2 Å². The minimum absolute atomic E-state index is 0.0142. The first-order chi connectivity index (χ1) is 53.2. The second kappa shape index (κ2) is 20.6. The Hall–Kier alpha value is -13.0. The van der Waals surface area contributed by atoms with Gasteiger partial charge in [-0.15, -0.1) is 0 Å². The number of carbonyl (C=O) groups is 1. The second-order valence-corrected chi connectivity index (χ2v) is 27.1. The molecule has 0 N–H and O–H groups in total. The van der Waals surface area contributed by atoms with Crippen LogP contribution in [0.1, 0.15) is 26.9 Å². The molecule has 101 heavy (non-hydrogen) atoms. The summed E-state index contributed by atoms with van der Waals surface area (Å²) in [6.07, 6.45) is 0. The average molecular weight is 1290 g/mol. The molecule has 0 saturated carbocycles. The molecule has 0 bridgehead atoms. The molecule has 0 aromatic heterocycles. The molecule has 466 valence electrons. The normalized spacial score (nSPS) is 15.0. The number of rotatable bonds is 7. The zero-order chi connectivity index (χ0) is 72.8. The molecular weight excluding hydrogens is 1230 g/mol. The van der Waals surface area contributed by atoms with E-state index in [9.17, 15) is 11.0 Å². The van der Waals surface area contributed by atoms with E-state index in [1.54, 1.807) is 36.4 Å². The molecule has 11 heteroatoms. The van der Waals surface area contributed by atoms with Gasteiger partial charge in [-0.25, -0.2) is 4.79 Å². The van der Waals surface area contributed by atoms with Gasteiger partial charge in [0.15, 0.2) is 11.5 Å². The summed E-state index contributed by atoms with van der Waals surface area (Å²) in [4.78, 5) is 26.5. The Labute approximate surface area is 594 Å². The lowest BCUT2D eigenvalue weighted by molar-refractivity contribution is 0.0472. The molecule has 0 amide bonds. The zero-order valence-corrected chi connectivity index (χ0v) is 53.8. The largest absolute Gasteiger partial charge is 0.457 e. The Bertz CT molecular complexity index is 6830. The van der Waals surface area contributed by atoms with Crippen molar-refractivity contribution in [3.05, 3.63) is 326 Å². The third kappa shape index (κ3) is 7.58. The predicted molar refractivity (Wildman–Crippen MR) is 419 cm³/mol. The van der Waals surface area contributed by atoms with E-state index in [1.807, 2.05) is 78.9 Å². The molecule has 0 atom stereocenters. The van der Waals surface area contributed by atoms with Gasteiger partial charge in [-0.2, -0.15) is 0 Å². The van der Waals surface area contributed by atoms with Gasteiger partial charge in [0.25, 0.3) is 20.1 Å². The molecule has 0 spiro atoms. The first-order valence-electron chi connectivity index (χ1n) is 38.2. The van der Waals surface area contributed by atoms with Crippen LogP contribution in [0.3, 0.4) is 0 Å². The van der Waals surface area contributed by atoms with Crippen LogP contribution in [0, 0.1) is 0 Å². The monoisotopic (exact) mass is 1290 g/mol. The number of anilines is 15. The Balaban J connectivity index is 0.887. The standard InChI is InChI=1S/C90H54B3N5O3/c99-90(100-53-54-24-6-1-7-25-54)61-48-78-82-79(49-61)96(64-36-12-4-13-37-64)76-51-77-71(50-70(76)91(82)68-42-55-26-16-18-28-57(55)46-74(68)94(78)62-32-8-2-9-33-62)93-73-45-60-31-21-23-41-67(60)89-86(73)98-85-72(44-59-30-20-22-40-66(59)88(85)101-89)92-69-43-56-27-17-19-29-58(56)47-75(69)95(63-34-10-3-11-35-63)80-52-81(84(93)87(98)83(80)92)97(77)65-38-14-5-15-39-65/h1-52H,53H2/i8D,9D,10D,11D,12D,13D,14D,15D. The van der Waals surface area contributed by atoms with Crippen LogP contribution in [-0.2, 0) is 11.3 Å². The molecule has 7 aliphatic heterocycles. The lowest BCUT2D eigenvalue weighted by Gasteiger charge is -2.53. The molecule has 23 rings (SSSR count). The Morgan fingerprint density at radius 2 is 0.663 bits per heavy atom. The van der Waals surface area contributed by atoms with Crippen LogP contribution in [0.5, 0.6) is 11.5 Å². The van der Waals surface area contributed by atoms with Gasteiger partial charge in [0.05, 0.1) is 27.9 Å². The Morgan fingerprint density at radius 3 is 1.11 bits per heavy atom. The number of benzene rings is 16. The maximum Gasteiger partial charge on any atom is 0.338 e. The van der Waals surface area contributed by atoms with Gasteiger partial charge in [-0.1, -0.05) is 230 Å². The highest BCUT2D eigenvalue weighted by atomic mass is 16.5. The van der Waals surface area contributed by atoms with Crippen molar-refractivity contribution in [1.82, 2.24) is 0 Å². The van der Waals surface area contributed by atoms with Crippen molar-refractivity contribution in [3.8, 4) is 11.5 Å². The fourth-order valence-electron chi connectivity index (χ4n) is 18.0. The second-order valence-electron chi connectivity index (χ2n) is 27.1. The molecule has 7 aliphatic rings. The van der Waals surface area contributed by atoms with Crippen molar-refractivity contribution in [2.24, 2.45) is 0 Å².